The molecule has 0 aliphatic heterocycles. The smallest absolute Gasteiger partial charge is 0.175 e. The van der Waals surface area contributed by atoms with Crippen molar-refractivity contribution in [3.63, 3.8) is 0 Å². The molecular weight excluding hydrogens is 210 g/mol. The van der Waals surface area contributed by atoms with E-state index in [1.807, 2.05) is 6.07 Å². The molecule has 0 saturated heterocycles. The molecule has 2 N–H and O–H groups in total. The number of rotatable bonds is 1. The highest BCUT2D eigenvalue weighted by molar-refractivity contribution is 7.90. The van der Waals surface area contributed by atoms with Gasteiger partial charge in [-0.3, -0.25) is 0 Å². The van der Waals surface area contributed by atoms with E-state index in [2.05, 4.69) is 0 Å². The van der Waals surface area contributed by atoms with Crippen LogP contribution in [0.5, 0.6) is 0 Å². The number of anilines is 1. The molecule has 0 aliphatic rings. The fourth-order valence-electron chi connectivity index (χ4n) is 1.47. The second kappa shape index (κ2) is 3.24. The van der Waals surface area contributed by atoms with Gasteiger partial charge in [0, 0.05) is 11.9 Å². The first-order valence-corrected chi connectivity index (χ1v) is 6.35. The van der Waals surface area contributed by atoms with Gasteiger partial charge >= 0.3 is 0 Å². The summed E-state index contributed by atoms with van der Waals surface area (Å²) in [5.41, 5.74) is 6.27. The summed E-state index contributed by atoms with van der Waals surface area (Å²) < 4.78 is 22.7. The normalized spacial score (nSPS) is 11.8. The minimum absolute atomic E-state index is 0.320. The summed E-state index contributed by atoms with van der Waals surface area (Å²) in [7, 11) is -3.15. The van der Waals surface area contributed by atoms with E-state index >= 15 is 0 Å². The molecule has 2 rings (SSSR count). The molecule has 0 radical (unpaired) electrons. The Kier molecular flexibility index (Phi) is 2.16. The van der Waals surface area contributed by atoms with Crippen LogP contribution in [0.1, 0.15) is 0 Å². The van der Waals surface area contributed by atoms with E-state index in [4.69, 9.17) is 5.73 Å². The topological polar surface area (TPSA) is 60.2 Å². The maximum Gasteiger partial charge on any atom is 0.175 e. The molecular formula is C11H11NO2S. The van der Waals surface area contributed by atoms with Gasteiger partial charge in [0.1, 0.15) is 0 Å². The SMILES string of the molecule is CS(=O)(=O)c1ccc2ccc(N)cc2c1. The van der Waals surface area contributed by atoms with Crippen LogP contribution in [0.15, 0.2) is 41.3 Å². The third-order valence-electron chi connectivity index (χ3n) is 2.26. The lowest BCUT2D eigenvalue weighted by Crippen LogP contribution is -1.96. The highest BCUT2D eigenvalue weighted by Gasteiger charge is 2.07. The quantitative estimate of drug-likeness (QED) is 0.747. The molecule has 3 nitrogen and oxygen atoms in total. The zero-order valence-corrected chi connectivity index (χ0v) is 9.08. The Hall–Kier alpha value is -1.55. The van der Waals surface area contributed by atoms with E-state index < -0.39 is 9.84 Å². The summed E-state index contributed by atoms with van der Waals surface area (Å²) in [4.78, 5) is 0.320. The van der Waals surface area contributed by atoms with E-state index in [0.717, 1.165) is 10.8 Å². The Balaban J connectivity index is 2.75. The van der Waals surface area contributed by atoms with Crippen molar-refractivity contribution in [1.29, 1.82) is 0 Å². The summed E-state index contributed by atoms with van der Waals surface area (Å²) in [5.74, 6) is 0. The van der Waals surface area contributed by atoms with Crippen molar-refractivity contribution in [3.8, 4) is 0 Å². The molecule has 0 unspecified atom stereocenters. The minimum Gasteiger partial charge on any atom is -0.399 e. The Morgan fingerprint density at radius 2 is 1.67 bits per heavy atom. The first-order chi connectivity index (χ1) is 6.97. The monoisotopic (exact) mass is 221 g/mol. The largest absolute Gasteiger partial charge is 0.399 e. The molecule has 2 aromatic rings. The van der Waals surface area contributed by atoms with Gasteiger partial charge < -0.3 is 5.73 Å². The van der Waals surface area contributed by atoms with Crippen molar-refractivity contribution >= 4 is 26.3 Å². The van der Waals surface area contributed by atoms with Gasteiger partial charge in [-0.2, -0.15) is 0 Å². The molecule has 0 amide bonds. The lowest BCUT2D eigenvalue weighted by atomic mass is 10.1. The Morgan fingerprint density at radius 1 is 1.00 bits per heavy atom. The third kappa shape index (κ3) is 1.94. The number of fused-ring (bicyclic) bond motifs is 1. The molecule has 15 heavy (non-hydrogen) atoms. The van der Waals surface area contributed by atoms with Crippen LogP contribution in [0.25, 0.3) is 10.8 Å². The number of nitrogen functional groups attached to an aromatic ring is 1. The molecule has 4 heteroatoms. The number of hydrogen-bond acceptors (Lipinski definition) is 3. The molecule has 0 atom stereocenters. The van der Waals surface area contributed by atoms with Gasteiger partial charge in [0.2, 0.25) is 0 Å². The molecule has 0 fully saturated rings. The van der Waals surface area contributed by atoms with Gasteiger partial charge in [-0.05, 0) is 35.0 Å². The lowest BCUT2D eigenvalue weighted by Gasteiger charge is -2.02. The predicted octanol–water partition coefficient (Wildman–Crippen LogP) is 1.83. The van der Waals surface area contributed by atoms with Gasteiger partial charge in [0.05, 0.1) is 4.90 Å². The second-order valence-corrected chi connectivity index (χ2v) is 5.56. The number of hydrogen-bond donors (Lipinski definition) is 1. The highest BCUT2D eigenvalue weighted by Crippen LogP contribution is 2.21. The van der Waals surface area contributed by atoms with Crippen LogP contribution in [0.2, 0.25) is 0 Å². The first-order valence-electron chi connectivity index (χ1n) is 4.46. The fourth-order valence-corrected chi connectivity index (χ4v) is 2.13. The van der Waals surface area contributed by atoms with Crippen molar-refractivity contribution in [1.82, 2.24) is 0 Å². The van der Waals surface area contributed by atoms with E-state index in [0.29, 0.717) is 10.6 Å². The number of benzene rings is 2. The molecule has 0 aliphatic carbocycles. The van der Waals surface area contributed by atoms with E-state index in [9.17, 15) is 8.42 Å². The van der Waals surface area contributed by atoms with Crippen LogP contribution < -0.4 is 5.73 Å². The van der Waals surface area contributed by atoms with Crippen molar-refractivity contribution < 1.29 is 8.42 Å². The lowest BCUT2D eigenvalue weighted by molar-refractivity contribution is 0.602. The Labute approximate surface area is 88.4 Å². The number of nitrogens with two attached hydrogens (primary N) is 1. The zero-order valence-electron chi connectivity index (χ0n) is 8.27. The standard InChI is InChI=1S/C11H11NO2S/c1-15(13,14)11-5-3-8-2-4-10(12)6-9(8)7-11/h2-7H,12H2,1H3. The van der Waals surface area contributed by atoms with Crippen LogP contribution in [0.4, 0.5) is 5.69 Å². The first kappa shape index (κ1) is 9.98. The maximum absolute atomic E-state index is 11.3. The summed E-state index contributed by atoms with van der Waals surface area (Å²) in [6.45, 7) is 0. The fraction of sp³-hybridized carbons (Fsp3) is 0.0909. The van der Waals surface area contributed by atoms with Crippen molar-refractivity contribution in [2.45, 2.75) is 4.90 Å². The predicted molar refractivity (Wildman–Crippen MR) is 61.5 cm³/mol. The molecule has 0 saturated carbocycles. The van der Waals surface area contributed by atoms with Crippen LogP contribution in [-0.2, 0) is 9.84 Å². The third-order valence-corrected chi connectivity index (χ3v) is 3.37. The van der Waals surface area contributed by atoms with Gasteiger partial charge in [-0.1, -0.05) is 12.1 Å². The van der Waals surface area contributed by atoms with Crippen LogP contribution in [-0.4, -0.2) is 14.7 Å². The van der Waals surface area contributed by atoms with Gasteiger partial charge in [0.25, 0.3) is 0 Å². The Bertz CT molecular complexity index is 618. The molecule has 0 aromatic heterocycles. The van der Waals surface area contributed by atoms with E-state index in [-0.39, 0.29) is 0 Å². The van der Waals surface area contributed by atoms with Crippen LogP contribution in [0.3, 0.4) is 0 Å². The molecule has 0 heterocycles. The second-order valence-electron chi connectivity index (χ2n) is 3.54. The number of sulfone groups is 1. The maximum atomic E-state index is 11.3. The van der Waals surface area contributed by atoms with Crippen molar-refractivity contribution in [3.05, 3.63) is 36.4 Å². The highest BCUT2D eigenvalue weighted by atomic mass is 32.2. The minimum atomic E-state index is -3.15. The van der Waals surface area contributed by atoms with Crippen LogP contribution >= 0.6 is 0 Å². The van der Waals surface area contributed by atoms with Crippen molar-refractivity contribution in [2.24, 2.45) is 0 Å². The van der Waals surface area contributed by atoms with Crippen molar-refractivity contribution in [2.75, 3.05) is 12.0 Å². The van der Waals surface area contributed by atoms with Gasteiger partial charge in [-0.15, -0.1) is 0 Å². The zero-order chi connectivity index (χ0) is 11.1. The van der Waals surface area contributed by atoms with E-state index in [1.54, 1.807) is 30.3 Å². The van der Waals surface area contributed by atoms with Gasteiger partial charge in [0.15, 0.2) is 9.84 Å². The summed E-state index contributed by atoms with van der Waals surface area (Å²) in [5, 5.41) is 1.83. The van der Waals surface area contributed by atoms with Crippen LogP contribution in [0, 0.1) is 0 Å². The average molecular weight is 221 g/mol. The summed E-state index contributed by atoms with van der Waals surface area (Å²) in [6, 6.07) is 10.5. The summed E-state index contributed by atoms with van der Waals surface area (Å²) >= 11 is 0. The molecule has 0 bridgehead atoms. The summed E-state index contributed by atoms with van der Waals surface area (Å²) in [6.07, 6.45) is 1.19. The Morgan fingerprint density at radius 3 is 2.33 bits per heavy atom. The van der Waals surface area contributed by atoms with Gasteiger partial charge in [-0.25, -0.2) is 8.42 Å². The molecule has 2 aromatic carbocycles. The molecule has 0 spiro atoms. The van der Waals surface area contributed by atoms with E-state index in [1.165, 1.54) is 6.26 Å². The molecule has 78 valence electrons. The average Bonchev–Trinajstić information content (AvgIpc) is 2.15.